The molecule has 0 aliphatic heterocycles. The predicted octanol–water partition coefficient (Wildman–Crippen LogP) is 12.7. The van der Waals surface area contributed by atoms with Crippen LogP contribution in [-0.4, -0.2) is 0 Å². The van der Waals surface area contributed by atoms with Gasteiger partial charge in [0.25, 0.3) is 0 Å². The maximum atomic E-state index is 6.36. The average Bonchev–Trinajstić information content (AvgIpc) is 3.49. The lowest BCUT2D eigenvalue weighted by Gasteiger charge is -2.18. The molecule has 1 nitrogen and oxygen atoms in total. The molecular weight excluding hydrogens is 544 g/mol. The van der Waals surface area contributed by atoms with Crippen LogP contribution in [0, 0.1) is 0 Å². The van der Waals surface area contributed by atoms with E-state index in [9.17, 15) is 0 Å². The molecule has 1 heterocycles. The molecule has 1 aromatic heterocycles. The van der Waals surface area contributed by atoms with Crippen LogP contribution < -0.4 is 0 Å². The molecule has 0 unspecified atom stereocenters. The second kappa shape index (κ2) is 9.29. The van der Waals surface area contributed by atoms with Gasteiger partial charge in [-0.15, -0.1) is 0 Å². The molecule has 0 amide bonds. The van der Waals surface area contributed by atoms with Crippen LogP contribution in [0.4, 0.5) is 0 Å². The summed E-state index contributed by atoms with van der Waals surface area (Å²) in [6.45, 7) is 0. The van der Waals surface area contributed by atoms with Crippen LogP contribution in [0.1, 0.15) is 0 Å². The van der Waals surface area contributed by atoms with Crippen molar-refractivity contribution in [2.45, 2.75) is 0 Å². The second-order valence-electron chi connectivity index (χ2n) is 12.0. The Kier molecular flexibility index (Phi) is 5.06. The molecule has 1 heteroatoms. The van der Waals surface area contributed by atoms with E-state index in [1.54, 1.807) is 0 Å². The molecule has 208 valence electrons. The van der Waals surface area contributed by atoms with Crippen molar-refractivity contribution in [1.82, 2.24) is 0 Å². The number of furan rings is 1. The molecule has 10 aromatic rings. The third kappa shape index (κ3) is 3.44. The zero-order chi connectivity index (χ0) is 29.5. The Hall–Kier alpha value is -5.92. The molecular formula is C44H26O. The number of fused-ring (bicyclic) bond motifs is 12. The number of para-hydroxylation sites is 1. The number of hydrogen-bond acceptors (Lipinski definition) is 1. The van der Waals surface area contributed by atoms with E-state index in [-0.39, 0.29) is 0 Å². The van der Waals surface area contributed by atoms with Crippen LogP contribution in [0.25, 0.3) is 98.1 Å². The highest BCUT2D eigenvalue weighted by molar-refractivity contribution is 6.35. The fourth-order valence-corrected chi connectivity index (χ4v) is 7.77. The lowest BCUT2D eigenvalue weighted by molar-refractivity contribution is 0.669. The van der Waals surface area contributed by atoms with Crippen LogP contribution in [-0.2, 0) is 0 Å². The van der Waals surface area contributed by atoms with E-state index in [4.69, 9.17) is 4.42 Å². The second-order valence-corrected chi connectivity index (χ2v) is 12.0. The Bertz CT molecular complexity index is 2740. The Balaban J connectivity index is 1.37. The summed E-state index contributed by atoms with van der Waals surface area (Å²) < 4.78 is 6.36. The Morgan fingerprint density at radius 2 is 0.756 bits per heavy atom. The average molecular weight is 571 g/mol. The van der Waals surface area contributed by atoms with E-state index >= 15 is 0 Å². The molecule has 0 saturated carbocycles. The highest BCUT2D eigenvalue weighted by Gasteiger charge is 2.19. The van der Waals surface area contributed by atoms with Gasteiger partial charge in [0.2, 0.25) is 0 Å². The van der Waals surface area contributed by atoms with Crippen LogP contribution in [0.15, 0.2) is 162 Å². The molecule has 0 aliphatic carbocycles. The van der Waals surface area contributed by atoms with Gasteiger partial charge in [0.1, 0.15) is 11.2 Å². The minimum atomic E-state index is 0.925. The van der Waals surface area contributed by atoms with Crippen LogP contribution in [0.3, 0.4) is 0 Å². The summed E-state index contributed by atoms with van der Waals surface area (Å²) >= 11 is 0. The summed E-state index contributed by atoms with van der Waals surface area (Å²) in [5, 5.41) is 15.0. The molecule has 9 aromatic carbocycles. The van der Waals surface area contributed by atoms with E-state index in [0.717, 1.165) is 16.6 Å². The summed E-state index contributed by atoms with van der Waals surface area (Å²) in [7, 11) is 0. The van der Waals surface area contributed by atoms with Gasteiger partial charge in [-0.2, -0.15) is 0 Å². The van der Waals surface area contributed by atoms with Gasteiger partial charge in [-0.05, 0) is 95.0 Å². The molecule has 0 N–H and O–H groups in total. The zero-order valence-corrected chi connectivity index (χ0v) is 24.4. The van der Waals surface area contributed by atoms with Crippen molar-refractivity contribution in [3.63, 3.8) is 0 Å². The van der Waals surface area contributed by atoms with Crippen LogP contribution in [0.5, 0.6) is 0 Å². The Morgan fingerprint density at radius 3 is 1.42 bits per heavy atom. The van der Waals surface area contributed by atoms with Gasteiger partial charge < -0.3 is 4.42 Å². The van der Waals surface area contributed by atoms with Gasteiger partial charge in [-0.25, -0.2) is 0 Å². The fourth-order valence-electron chi connectivity index (χ4n) is 7.77. The molecule has 0 aliphatic rings. The first-order valence-electron chi connectivity index (χ1n) is 15.5. The van der Waals surface area contributed by atoms with E-state index < -0.39 is 0 Å². The number of benzene rings is 9. The third-order valence-electron chi connectivity index (χ3n) is 9.62. The van der Waals surface area contributed by atoms with Crippen LogP contribution in [0.2, 0.25) is 0 Å². The lowest BCUT2D eigenvalue weighted by atomic mass is 9.84. The first kappa shape index (κ1) is 24.5. The molecule has 0 fully saturated rings. The van der Waals surface area contributed by atoms with Crippen molar-refractivity contribution in [2.24, 2.45) is 0 Å². The maximum absolute atomic E-state index is 6.36. The number of rotatable bonds is 2. The van der Waals surface area contributed by atoms with Gasteiger partial charge in [0.05, 0.1) is 0 Å². The fraction of sp³-hybridized carbons (Fsp3) is 0. The maximum Gasteiger partial charge on any atom is 0.136 e. The third-order valence-corrected chi connectivity index (χ3v) is 9.62. The van der Waals surface area contributed by atoms with Crippen LogP contribution >= 0.6 is 0 Å². The topological polar surface area (TPSA) is 13.1 Å². The predicted molar refractivity (Wildman–Crippen MR) is 192 cm³/mol. The Labute approximate surface area is 259 Å². The lowest BCUT2D eigenvalue weighted by Crippen LogP contribution is -1.91. The molecule has 0 saturated heterocycles. The van der Waals surface area contributed by atoms with Gasteiger partial charge in [0.15, 0.2) is 0 Å². The first-order valence-corrected chi connectivity index (χ1v) is 15.5. The summed E-state index contributed by atoms with van der Waals surface area (Å²) in [6.07, 6.45) is 0. The van der Waals surface area contributed by atoms with Gasteiger partial charge in [0, 0.05) is 16.2 Å². The van der Waals surface area contributed by atoms with Gasteiger partial charge in [-0.1, -0.05) is 133 Å². The van der Waals surface area contributed by atoms with E-state index in [1.165, 1.54) is 81.5 Å². The SMILES string of the molecule is c1ccc(-c2c3ccccc3c(-c3ccc4c(c3)c3ccccc3c3ccc5oc6ccccc6c5c34)c3ccccc23)cc1. The quantitative estimate of drug-likeness (QED) is 0.149. The zero-order valence-electron chi connectivity index (χ0n) is 24.4. The smallest absolute Gasteiger partial charge is 0.136 e. The minimum absolute atomic E-state index is 0.925. The number of hydrogen-bond donors (Lipinski definition) is 0. The van der Waals surface area contributed by atoms with Crippen molar-refractivity contribution >= 4 is 75.8 Å². The van der Waals surface area contributed by atoms with Crippen molar-refractivity contribution < 1.29 is 4.42 Å². The van der Waals surface area contributed by atoms with Crippen molar-refractivity contribution in [3.8, 4) is 22.3 Å². The summed E-state index contributed by atoms with van der Waals surface area (Å²) in [5.74, 6) is 0. The molecule has 0 spiro atoms. The highest BCUT2D eigenvalue weighted by Crippen LogP contribution is 2.47. The molecule has 0 bridgehead atoms. The van der Waals surface area contributed by atoms with Crippen molar-refractivity contribution in [1.29, 1.82) is 0 Å². The molecule has 45 heavy (non-hydrogen) atoms. The summed E-state index contributed by atoms with van der Waals surface area (Å²) in [5.41, 5.74) is 6.88. The van der Waals surface area contributed by atoms with Gasteiger partial charge >= 0.3 is 0 Å². The van der Waals surface area contributed by atoms with E-state index in [1.807, 2.05) is 6.07 Å². The highest BCUT2D eigenvalue weighted by atomic mass is 16.3. The standard InChI is InChI=1S/C44H26O/c1-2-12-27(13-3-1)41-31-16-6-8-18-33(31)42(34-19-9-7-17-32(34)41)28-22-23-36-38(26-28)30-15-5-4-14-29(30)35-24-25-40-44(43(35)36)37-20-10-11-21-39(37)45-40/h1-26H. The molecule has 0 radical (unpaired) electrons. The van der Waals surface area contributed by atoms with E-state index in [0.29, 0.717) is 0 Å². The summed E-state index contributed by atoms with van der Waals surface area (Å²) in [6, 6.07) is 57.3. The molecule has 0 atom stereocenters. The van der Waals surface area contributed by atoms with Crippen molar-refractivity contribution in [3.05, 3.63) is 158 Å². The first-order chi connectivity index (χ1) is 22.3. The van der Waals surface area contributed by atoms with Crippen molar-refractivity contribution in [2.75, 3.05) is 0 Å². The Morgan fingerprint density at radius 1 is 0.267 bits per heavy atom. The minimum Gasteiger partial charge on any atom is -0.456 e. The largest absolute Gasteiger partial charge is 0.456 e. The summed E-state index contributed by atoms with van der Waals surface area (Å²) in [4.78, 5) is 0. The van der Waals surface area contributed by atoms with E-state index in [2.05, 4.69) is 152 Å². The monoisotopic (exact) mass is 570 g/mol. The molecule has 10 rings (SSSR count). The normalized spacial score (nSPS) is 12.0. The van der Waals surface area contributed by atoms with Gasteiger partial charge in [-0.3, -0.25) is 0 Å².